The van der Waals surface area contributed by atoms with Crippen molar-refractivity contribution >= 4 is 21.5 Å². The summed E-state index contributed by atoms with van der Waals surface area (Å²) in [4.78, 5) is -0.211. The monoisotopic (exact) mass is 549 g/mol. The van der Waals surface area contributed by atoms with Crippen LogP contribution in [0, 0.1) is 17.1 Å². The molecule has 0 amide bonds. The number of fused-ring (bicyclic) bond motifs is 2. The van der Waals surface area contributed by atoms with Crippen LogP contribution in [-0.2, 0) is 21.3 Å². The van der Waals surface area contributed by atoms with Gasteiger partial charge in [0.1, 0.15) is 22.4 Å². The minimum Gasteiger partial charge on any atom is -0.493 e. The van der Waals surface area contributed by atoms with Crippen molar-refractivity contribution in [1.82, 2.24) is 0 Å². The average molecular weight is 550 g/mol. The third-order valence-corrected chi connectivity index (χ3v) is 8.53. The van der Waals surface area contributed by atoms with Gasteiger partial charge in [0.2, 0.25) is 11.6 Å². The molecule has 3 aromatic carbocycles. The Hall–Kier alpha value is -4.69. The molecule has 0 spiro atoms. The molecule has 9 nitrogen and oxygen atoms in total. The zero-order valence-electron chi connectivity index (χ0n) is 21.3. The van der Waals surface area contributed by atoms with Gasteiger partial charge in [-0.05, 0) is 35.9 Å². The van der Waals surface area contributed by atoms with Crippen molar-refractivity contribution in [3.8, 4) is 23.3 Å². The SMILES string of the molecule is COc1cc(C2C(C#N)=C(N)OC3=C2S(=O)(=O)N(Cc2ccccc2F)c2ccccc23)cc(OC)c1OC. The third-order valence-electron chi connectivity index (χ3n) is 6.65. The van der Waals surface area contributed by atoms with Crippen LogP contribution in [0.4, 0.5) is 10.1 Å². The fourth-order valence-corrected chi connectivity index (χ4v) is 6.76. The summed E-state index contributed by atoms with van der Waals surface area (Å²) in [5.41, 5.74) is 7.32. The Kier molecular flexibility index (Phi) is 6.57. The number of halogens is 1. The summed E-state index contributed by atoms with van der Waals surface area (Å²) < 4.78 is 66.8. The second-order valence-electron chi connectivity index (χ2n) is 8.70. The van der Waals surface area contributed by atoms with E-state index in [0.29, 0.717) is 16.9 Å². The number of benzene rings is 3. The first kappa shape index (κ1) is 25.9. The molecule has 0 fully saturated rings. The summed E-state index contributed by atoms with van der Waals surface area (Å²) in [6, 6.07) is 17.8. The smallest absolute Gasteiger partial charge is 0.265 e. The Balaban J connectivity index is 1.80. The van der Waals surface area contributed by atoms with E-state index in [-0.39, 0.29) is 51.4 Å². The van der Waals surface area contributed by atoms with E-state index in [1.165, 1.54) is 39.5 Å². The first-order valence-electron chi connectivity index (χ1n) is 11.7. The molecule has 3 aromatic rings. The third kappa shape index (κ3) is 4.09. The summed E-state index contributed by atoms with van der Waals surface area (Å²) in [6.07, 6.45) is 0. The van der Waals surface area contributed by atoms with Crippen molar-refractivity contribution < 1.29 is 31.8 Å². The number of nitriles is 1. The van der Waals surface area contributed by atoms with Crippen LogP contribution < -0.4 is 24.2 Å². The molecular weight excluding hydrogens is 525 g/mol. The summed E-state index contributed by atoms with van der Waals surface area (Å²) in [7, 11) is -0.111. The lowest BCUT2D eigenvalue weighted by Gasteiger charge is -2.38. The van der Waals surface area contributed by atoms with E-state index in [1.54, 1.807) is 42.5 Å². The minimum atomic E-state index is -4.40. The Morgan fingerprint density at radius 1 is 1.03 bits per heavy atom. The summed E-state index contributed by atoms with van der Waals surface area (Å²) in [6.45, 7) is -0.286. The predicted molar refractivity (Wildman–Crippen MR) is 142 cm³/mol. The van der Waals surface area contributed by atoms with Crippen molar-refractivity contribution in [3.05, 3.63) is 99.5 Å². The van der Waals surface area contributed by atoms with Crippen LogP contribution >= 0.6 is 0 Å². The van der Waals surface area contributed by atoms with Gasteiger partial charge in [0.15, 0.2) is 17.3 Å². The van der Waals surface area contributed by atoms with Crippen LogP contribution in [0.3, 0.4) is 0 Å². The van der Waals surface area contributed by atoms with Crippen LogP contribution in [0.15, 0.2) is 77.0 Å². The molecule has 2 heterocycles. The number of para-hydroxylation sites is 1. The van der Waals surface area contributed by atoms with Crippen LogP contribution in [-0.4, -0.2) is 29.7 Å². The Bertz CT molecular complexity index is 1670. The van der Waals surface area contributed by atoms with E-state index in [1.807, 2.05) is 6.07 Å². The highest BCUT2D eigenvalue weighted by Crippen LogP contribution is 2.53. The van der Waals surface area contributed by atoms with Gasteiger partial charge in [-0.25, -0.2) is 12.8 Å². The van der Waals surface area contributed by atoms with Crippen molar-refractivity contribution in [1.29, 1.82) is 5.26 Å². The lowest BCUT2D eigenvalue weighted by molar-refractivity contribution is 0.323. The molecule has 0 aliphatic carbocycles. The van der Waals surface area contributed by atoms with Crippen molar-refractivity contribution in [2.45, 2.75) is 12.5 Å². The number of methoxy groups -OCH3 is 3. The zero-order valence-corrected chi connectivity index (χ0v) is 22.1. The molecule has 0 radical (unpaired) electrons. The van der Waals surface area contributed by atoms with Crippen molar-refractivity contribution in [2.75, 3.05) is 25.6 Å². The molecule has 2 aliphatic rings. The largest absolute Gasteiger partial charge is 0.493 e. The number of nitrogens with two attached hydrogens (primary N) is 1. The lowest BCUT2D eigenvalue weighted by Crippen LogP contribution is -2.39. The van der Waals surface area contributed by atoms with Crippen LogP contribution in [0.5, 0.6) is 17.2 Å². The number of sulfonamides is 1. The number of nitrogens with zero attached hydrogens (tertiary/aromatic N) is 2. The molecule has 2 N–H and O–H groups in total. The van der Waals surface area contributed by atoms with Gasteiger partial charge in [-0.3, -0.25) is 4.31 Å². The Morgan fingerprint density at radius 3 is 2.28 bits per heavy atom. The quantitative estimate of drug-likeness (QED) is 0.481. The summed E-state index contributed by atoms with van der Waals surface area (Å²) >= 11 is 0. The molecule has 0 saturated heterocycles. The molecule has 0 aromatic heterocycles. The molecule has 5 rings (SSSR count). The Labute approximate surface area is 225 Å². The van der Waals surface area contributed by atoms with Crippen LogP contribution in [0.25, 0.3) is 5.76 Å². The van der Waals surface area contributed by atoms with Gasteiger partial charge in [0.05, 0.1) is 39.5 Å². The van der Waals surface area contributed by atoms with E-state index in [2.05, 4.69) is 0 Å². The van der Waals surface area contributed by atoms with E-state index in [9.17, 15) is 18.1 Å². The van der Waals surface area contributed by atoms with Gasteiger partial charge in [-0.1, -0.05) is 30.3 Å². The van der Waals surface area contributed by atoms with Crippen molar-refractivity contribution in [3.63, 3.8) is 0 Å². The highest BCUT2D eigenvalue weighted by Gasteiger charge is 2.47. The first-order valence-corrected chi connectivity index (χ1v) is 13.2. The van der Waals surface area contributed by atoms with Gasteiger partial charge in [0.25, 0.3) is 10.0 Å². The van der Waals surface area contributed by atoms with Crippen LogP contribution in [0.2, 0.25) is 0 Å². The molecule has 0 bridgehead atoms. The number of ether oxygens (including phenoxy) is 4. The minimum absolute atomic E-state index is 0.00867. The second-order valence-corrected chi connectivity index (χ2v) is 10.5. The fraction of sp³-hybridized carbons (Fsp3) is 0.179. The van der Waals surface area contributed by atoms with Gasteiger partial charge in [-0.15, -0.1) is 0 Å². The summed E-state index contributed by atoms with van der Waals surface area (Å²) in [5, 5.41) is 10.1. The highest BCUT2D eigenvalue weighted by atomic mass is 32.2. The summed E-state index contributed by atoms with van der Waals surface area (Å²) in [5.74, 6) is -1.17. The predicted octanol–water partition coefficient (Wildman–Crippen LogP) is 4.38. The van der Waals surface area contributed by atoms with E-state index in [0.717, 1.165) is 4.31 Å². The molecule has 200 valence electrons. The normalized spacial score (nSPS) is 17.5. The number of hydrogen-bond donors (Lipinski definition) is 1. The maximum atomic E-state index is 14.7. The molecule has 39 heavy (non-hydrogen) atoms. The lowest BCUT2D eigenvalue weighted by atomic mass is 9.87. The van der Waals surface area contributed by atoms with Crippen molar-refractivity contribution in [2.24, 2.45) is 5.73 Å². The number of rotatable bonds is 6. The van der Waals surface area contributed by atoms with Gasteiger partial charge >= 0.3 is 0 Å². The molecule has 11 heteroatoms. The number of anilines is 1. The molecular formula is C28H24FN3O6S. The van der Waals surface area contributed by atoms with Gasteiger partial charge < -0.3 is 24.7 Å². The molecule has 0 saturated carbocycles. The zero-order chi connectivity index (χ0) is 27.9. The standard InChI is InChI=1S/C28H24FN3O6S/c1-35-22-12-17(13-23(36-2)26(22)37-3)24-19(14-30)28(31)38-25-18-9-5-7-11-21(18)32(39(33,34)27(24)25)15-16-8-4-6-10-20(16)29/h4-13,24H,15,31H2,1-3H3. The average Bonchev–Trinajstić information content (AvgIpc) is 2.94. The maximum absolute atomic E-state index is 14.7. The first-order chi connectivity index (χ1) is 18.8. The molecule has 1 atom stereocenters. The molecule has 1 unspecified atom stereocenters. The maximum Gasteiger partial charge on any atom is 0.265 e. The van der Waals surface area contributed by atoms with Gasteiger partial charge in [-0.2, -0.15) is 5.26 Å². The van der Waals surface area contributed by atoms with Gasteiger partial charge in [0, 0.05) is 11.1 Å². The van der Waals surface area contributed by atoms with Crippen LogP contribution in [0.1, 0.15) is 22.6 Å². The Morgan fingerprint density at radius 2 is 1.67 bits per heavy atom. The fourth-order valence-electron chi connectivity index (χ4n) is 4.86. The highest BCUT2D eigenvalue weighted by molar-refractivity contribution is 7.96. The van der Waals surface area contributed by atoms with E-state index < -0.39 is 21.8 Å². The number of allylic oxidation sites excluding steroid dienone is 2. The molecule has 2 aliphatic heterocycles. The number of hydrogen-bond acceptors (Lipinski definition) is 8. The van der Waals surface area contributed by atoms with E-state index >= 15 is 0 Å². The topological polar surface area (TPSA) is 124 Å². The van der Waals surface area contributed by atoms with E-state index in [4.69, 9.17) is 24.7 Å². The second kappa shape index (κ2) is 9.89.